The predicted molar refractivity (Wildman–Crippen MR) is 78.2 cm³/mol. The molecule has 1 atom stereocenters. The first-order valence-electron chi connectivity index (χ1n) is 5.67. The summed E-state index contributed by atoms with van der Waals surface area (Å²) in [7, 11) is 0. The normalized spacial score (nSPS) is 19.2. The summed E-state index contributed by atoms with van der Waals surface area (Å²) >= 11 is 8.15. The van der Waals surface area contributed by atoms with Gasteiger partial charge < -0.3 is 20.5 Å². The second-order valence-electron chi connectivity index (χ2n) is 4.17. The molecule has 0 radical (unpaired) electrons. The van der Waals surface area contributed by atoms with Crippen molar-refractivity contribution in [2.24, 2.45) is 5.73 Å². The molecule has 1 aliphatic rings. The van der Waals surface area contributed by atoms with Gasteiger partial charge >= 0.3 is 0 Å². The van der Waals surface area contributed by atoms with Crippen molar-refractivity contribution in [3.05, 3.63) is 28.2 Å². The van der Waals surface area contributed by atoms with E-state index in [-0.39, 0.29) is 22.2 Å². The number of nitrogens with two attached hydrogens (primary N) is 1. The highest BCUT2D eigenvalue weighted by Crippen LogP contribution is 2.24. The van der Waals surface area contributed by atoms with Crippen LogP contribution in [0, 0.1) is 0 Å². The second kappa shape index (κ2) is 5.85. The second-order valence-corrected chi connectivity index (χ2v) is 5.56. The highest BCUT2D eigenvalue weighted by molar-refractivity contribution is 9.10. The van der Waals surface area contributed by atoms with Gasteiger partial charge in [0.1, 0.15) is 16.8 Å². The summed E-state index contributed by atoms with van der Waals surface area (Å²) in [6, 6.07) is 4.73. The number of carbonyl (C=O) groups excluding carboxylic acids is 1. The van der Waals surface area contributed by atoms with Crippen molar-refractivity contribution in [3.63, 3.8) is 0 Å². The molecule has 19 heavy (non-hydrogen) atoms. The lowest BCUT2D eigenvalue weighted by Crippen LogP contribution is -2.49. The lowest BCUT2D eigenvalue weighted by atomic mass is 10.1. The van der Waals surface area contributed by atoms with Gasteiger partial charge in [-0.2, -0.15) is 0 Å². The van der Waals surface area contributed by atoms with Gasteiger partial charge in [0.05, 0.1) is 18.7 Å². The molecule has 1 aromatic carbocycles. The largest absolute Gasteiger partial charge is 0.507 e. The number of hydrogen-bond donors (Lipinski definition) is 2. The first kappa shape index (κ1) is 14.2. The van der Waals surface area contributed by atoms with Crippen LogP contribution in [-0.2, 0) is 4.74 Å². The van der Waals surface area contributed by atoms with Crippen LogP contribution >= 0.6 is 28.1 Å². The molecule has 7 heteroatoms. The molecule has 1 fully saturated rings. The minimum atomic E-state index is -0.429. The van der Waals surface area contributed by atoms with Gasteiger partial charge in [-0.15, -0.1) is 0 Å². The summed E-state index contributed by atoms with van der Waals surface area (Å²) < 4.78 is 6.11. The van der Waals surface area contributed by atoms with Crippen LogP contribution in [0.25, 0.3) is 0 Å². The third-order valence-corrected chi connectivity index (χ3v) is 3.62. The Kier molecular flexibility index (Phi) is 4.38. The molecule has 0 spiro atoms. The maximum atomic E-state index is 12.3. The third-order valence-electron chi connectivity index (χ3n) is 2.86. The van der Waals surface area contributed by atoms with E-state index >= 15 is 0 Å². The summed E-state index contributed by atoms with van der Waals surface area (Å²) in [6.45, 7) is 1.13. The van der Waals surface area contributed by atoms with Gasteiger partial charge in [0.25, 0.3) is 5.91 Å². The average molecular weight is 345 g/mol. The minimum Gasteiger partial charge on any atom is -0.507 e. The molecule has 1 unspecified atom stereocenters. The number of hydrogen-bond acceptors (Lipinski definition) is 4. The Morgan fingerprint density at radius 3 is 3.00 bits per heavy atom. The lowest BCUT2D eigenvalue weighted by Gasteiger charge is -2.32. The van der Waals surface area contributed by atoms with E-state index in [0.717, 1.165) is 4.47 Å². The zero-order chi connectivity index (χ0) is 14.0. The van der Waals surface area contributed by atoms with Crippen LogP contribution in [0.2, 0.25) is 0 Å². The first-order valence-corrected chi connectivity index (χ1v) is 6.88. The Morgan fingerprint density at radius 1 is 1.58 bits per heavy atom. The quantitative estimate of drug-likeness (QED) is 0.790. The van der Waals surface area contributed by atoms with Crippen LogP contribution in [0.1, 0.15) is 10.4 Å². The summed E-state index contributed by atoms with van der Waals surface area (Å²) in [6.07, 6.45) is -0.429. The van der Waals surface area contributed by atoms with Crippen molar-refractivity contribution < 1.29 is 14.6 Å². The van der Waals surface area contributed by atoms with Gasteiger partial charge in [-0.25, -0.2) is 0 Å². The van der Waals surface area contributed by atoms with Gasteiger partial charge in [0.15, 0.2) is 0 Å². The van der Waals surface area contributed by atoms with Crippen molar-refractivity contribution in [1.82, 2.24) is 4.90 Å². The van der Waals surface area contributed by atoms with E-state index < -0.39 is 6.10 Å². The maximum absolute atomic E-state index is 12.3. The summed E-state index contributed by atoms with van der Waals surface area (Å²) in [5.41, 5.74) is 5.78. The van der Waals surface area contributed by atoms with Gasteiger partial charge in [0.2, 0.25) is 0 Å². The van der Waals surface area contributed by atoms with Crippen LogP contribution in [0.3, 0.4) is 0 Å². The number of rotatable bonds is 2. The smallest absolute Gasteiger partial charge is 0.257 e. The molecule has 1 aromatic rings. The molecule has 0 saturated carbocycles. The molecule has 1 heterocycles. The molecule has 0 aromatic heterocycles. The number of phenolic OH excluding ortho intramolecular Hbond substituents is 1. The zero-order valence-corrected chi connectivity index (χ0v) is 12.4. The molecule has 3 N–H and O–H groups in total. The van der Waals surface area contributed by atoms with Gasteiger partial charge in [-0.1, -0.05) is 28.1 Å². The van der Waals surface area contributed by atoms with E-state index in [0.29, 0.717) is 19.7 Å². The molecular weight excluding hydrogens is 332 g/mol. The SMILES string of the molecule is NC(=S)C1CN(C(=O)c2cc(Br)ccc2O)CCO1. The Hall–Kier alpha value is -1.18. The summed E-state index contributed by atoms with van der Waals surface area (Å²) in [5.74, 6) is -0.310. The molecule has 102 valence electrons. The minimum absolute atomic E-state index is 0.0495. The summed E-state index contributed by atoms with van der Waals surface area (Å²) in [4.78, 5) is 14.2. The maximum Gasteiger partial charge on any atom is 0.257 e. The molecular formula is C12H13BrN2O3S. The van der Waals surface area contributed by atoms with E-state index in [4.69, 9.17) is 22.7 Å². The predicted octanol–water partition coefficient (Wildman–Crippen LogP) is 1.28. The fraction of sp³-hybridized carbons (Fsp3) is 0.333. The number of thiocarbonyl (C=S) groups is 1. The number of carbonyl (C=O) groups is 1. The van der Waals surface area contributed by atoms with E-state index in [2.05, 4.69) is 15.9 Å². The number of ether oxygens (including phenoxy) is 1. The first-order chi connectivity index (χ1) is 8.99. The monoisotopic (exact) mass is 344 g/mol. The number of benzene rings is 1. The van der Waals surface area contributed by atoms with E-state index in [1.807, 2.05) is 0 Å². The fourth-order valence-corrected chi connectivity index (χ4v) is 2.36. The van der Waals surface area contributed by atoms with Crippen molar-refractivity contribution in [2.45, 2.75) is 6.10 Å². The molecule has 1 saturated heterocycles. The molecule has 0 aliphatic carbocycles. The van der Waals surface area contributed by atoms with Crippen LogP contribution in [0.5, 0.6) is 5.75 Å². The van der Waals surface area contributed by atoms with Gasteiger partial charge in [-0.05, 0) is 18.2 Å². The van der Waals surface area contributed by atoms with Gasteiger partial charge in [-0.3, -0.25) is 4.79 Å². The molecule has 0 bridgehead atoms. The van der Waals surface area contributed by atoms with Crippen LogP contribution in [0.15, 0.2) is 22.7 Å². The molecule has 1 amide bonds. The van der Waals surface area contributed by atoms with E-state index in [1.165, 1.54) is 6.07 Å². The molecule has 2 rings (SSSR count). The third kappa shape index (κ3) is 3.23. The average Bonchev–Trinajstić information content (AvgIpc) is 2.41. The number of morpholine rings is 1. The Balaban J connectivity index is 2.19. The van der Waals surface area contributed by atoms with Crippen LogP contribution in [0.4, 0.5) is 0 Å². The van der Waals surface area contributed by atoms with E-state index in [9.17, 15) is 9.90 Å². The highest BCUT2D eigenvalue weighted by Gasteiger charge is 2.27. The fourth-order valence-electron chi connectivity index (χ4n) is 1.86. The lowest BCUT2D eigenvalue weighted by molar-refractivity contribution is 0.00865. The number of halogens is 1. The van der Waals surface area contributed by atoms with Crippen molar-refractivity contribution in [3.8, 4) is 5.75 Å². The van der Waals surface area contributed by atoms with Gasteiger partial charge in [0, 0.05) is 11.0 Å². The zero-order valence-electron chi connectivity index (χ0n) is 10.0. The Morgan fingerprint density at radius 2 is 2.32 bits per heavy atom. The van der Waals surface area contributed by atoms with Crippen molar-refractivity contribution in [2.75, 3.05) is 19.7 Å². The standard InChI is InChI=1S/C12H13BrN2O3S/c13-7-1-2-9(16)8(5-7)12(17)15-3-4-18-10(6-15)11(14)19/h1-2,5,10,16H,3-4,6H2,(H2,14,19). The molecule has 5 nitrogen and oxygen atoms in total. The highest BCUT2D eigenvalue weighted by atomic mass is 79.9. The molecule has 1 aliphatic heterocycles. The topological polar surface area (TPSA) is 75.8 Å². The Labute approximate surface area is 124 Å². The number of nitrogens with zero attached hydrogens (tertiary/aromatic N) is 1. The Bertz CT molecular complexity index is 524. The van der Waals surface area contributed by atoms with Crippen LogP contribution in [-0.4, -0.2) is 46.7 Å². The summed E-state index contributed by atoms with van der Waals surface area (Å²) in [5, 5.41) is 9.76. The van der Waals surface area contributed by atoms with Crippen molar-refractivity contribution in [1.29, 1.82) is 0 Å². The van der Waals surface area contributed by atoms with Crippen LogP contribution < -0.4 is 5.73 Å². The van der Waals surface area contributed by atoms with Crippen molar-refractivity contribution >= 4 is 39.0 Å². The number of aromatic hydroxyl groups is 1. The number of phenols is 1. The van der Waals surface area contributed by atoms with E-state index in [1.54, 1.807) is 17.0 Å². The number of amides is 1.